The van der Waals surface area contributed by atoms with Crippen LogP contribution < -0.4 is 9.64 Å². The number of anilines is 1. The largest absolute Gasteiger partial charge is 0.457 e. The fourth-order valence-corrected chi connectivity index (χ4v) is 4.21. The molecule has 0 spiro atoms. The monoisotopic (exact) mass is 349 g/mol. The second-order valence-corrected chi connectivity index (χ2v) is 7.43. The van der Waals surface area contributed by atoms with Crippen molar-refractivity contribution in [1.82, 2.24) is 0 Å². The molecule has 134 valence electrons. The molecule has 2 fully saturated rings. The molecule has 1 aliphatic carbocycles. The number of benzene rings is 2. The van der Waals surface area contributed by atoms with Gasteiger partial charge in [-0.15, -0.1) is 0 Å². The minimum atomic E-state index is -0.123. The second-order valence-electron chi connectivity index (χ2n) is 7.43. The third kappa shape index (κ3) is 3.00. The Labute approximate surface area is 153 Å². The predicted octanol–water partition coefficient (Wildman–Crippen LogP) is 4.78. The van der Waals surface area contributed by atoms with Gasteiger partial charge in [0.25, 0.3) is 0 Å². The fraction of sp³-hybridized carbons (Fsp3) is 0.364. The maximum absolute atomic E-state index is 12.7. The summed E-state index contributed by atoms with van der Waals surface area (Å²) in [6.07, 6.45) is 3.74. The van der Waals surface area contributed by atoms with Gasteiger partial charge in [-0.1, -0.05) is 18.9 Å². The normalized spacial score (nSPS) is 22.5. The zero-order valence-electron chi connectivity index (χ0n) is 15.2. The first kappa shape index (κ1) is 16.8. The molecular weight excluding hydrogens is 326 g/mol. The van der Waals surface area contributed by atoms with E-state index in [1.807, 2.05) is 38.1 Å². The molecule has 2 aromatic carbocycles. The van der Waals surface area contributed by atoms with Crippen molar-refractivity contribution in [2.24, 2.45) is 11.8 Å². The molecule has 4 heteroatoms. The summed E-state index contributed by atoms with van der Waals surface area (Å²) in [5.74, 6) is 1.15. The molecule has 2 aromatic rings. The van der Waals surface area contributed by atoms with Crippen molar-refractivity contribution in [3.8, 4) is 11.5 Å². The molecule has 2 atom stereocenters. The lowest BCUT2D eigenvalue weighted by atomic mass is 9.81. The number of carbonyl (C=O) groups is 2. The summed E-state index contributed by atoms with van der Waals surface area (Å²) in [6.45, 7) is 4.07. The molecular formula is C22H23NO3. The molecule has 1 saturated carbocycles. The summed E-state index contributed by atoms with van der Waals surface area (Å²) in [4.78, 5) is 26.7. The van der Waals surface area contributed by atoms with Crippen LogP contribution in [0, 0.1) is 25.7 Å². The Morgan fingerprint density at radius 3 is 1.88 bits per heavy atom. The number of fused-ring (bicyclic) bond motifs is 1. The average molecular weight is 349 g/mol. The van der Waals surface area contributed by atoms with Gasteiger partial charge in [-0.3, -0.25) is 14.5 Å². The Kier molecular flexibility index (Phi) is 4.27. The van der Waals surface area contributed by atoms with Gasteiger partial charge in [0.05, 0.1) is 17.5 Å². The van der Waals surface area contributed by atoms with Crippen LogP contribution in [-0.2, 0) is 9.59 Å². The Hall–Kier alpha value is -2.62. The Bertz CT molecular complexity index is 812. The topological polar surface area (TPSA) is 46.6 Å². The average Bonchev–Trinajstić information content (AvgIpc) is 2.86. The molecule has 0 bridgehead atoms. The zero-order chi connectivity index (χ0) is 18.3. The molecule has 0 radical (unpaired) electrons. The van der Waals surface area contributed by atoms with Crippen LogP contribution in [0.25, 0.3) is 0 Å². The highest BCUT2D eigenvalue weighted by Gasteiger charge is 2.48. The van der Waals surface area contributed by atoms with E-state index in [0.717, 1.165) is 42.6 Å². The number of imide groups is 1. The summed E-state index contributed by atoms with van der Waals surface area (Å²) in [6, 6.07) is 13.3. The molecule has 4 nitrogen and oxygen atoms in total. The van der Waals surface area contributed by atoms with E-state index in [1.54, 1.807) is 12.1 Å². The molecule has 2 unspecified atom stereocenters. The van der Waals surface area contributed by atoms with Gasteiger partial charge < -0.3 is 4.74 Å². The lowest BCUT2D eigenvalue weighted by Gasteiger charge is -2.19. The summed E-state index contributed by atoms with van der Waals surface area (Å²) in [5.41, 5.74) is 2.93. The molecule has 2 amide bonds. The predicted molar refractivity (Wildman–Crippen MR) is 100 cm³/mol. The van der Waals surface area contributed by atoms with Gasteiger partial charge in [-0.2, -0.15) is 0 Å². The van der Waals surface area contributed by atoms with Crippen LogP contribution in [-0.4, -0.2) is 11.8 Å². The maximum Gasteiger partial charge on any atom is 0.237 e. The number of amides is 2. The number of nitrogens with zero attached hydrogens (tertiary/aromatic N) is 1. The Morgan fingerprint density at radius 2 is 1.35 bits per heavy atom. The van der Waals surface area contributed by atoms with Gasteiger partial charge in [0.15, 0.2) is 0 Å². The van der Waals surface area contributed by atoms with E-state index in [-0.39, 0.29) is 23.7 Å². The minimum absolute atomic E-state index is 0.0392. The van der Waals surface area contributed by atoms with Crippen LogP contribution in [0.15, 0.2) is 42.5 Å². The van der Waals surface area contributed by atoms with Crippen LogP contribution >= 0.6 is 0 Å². The van der Waals surface area contributed by atoms with Gasteiger partial charge in [0.1, 0.15) is 11.5 Å². The van der Waals surface area contributed by atoms with Crippen molar-refractivity contribution in [3.05, 3.63) is 53.6 Å². The van der Waals surface area contributed by atoms with E-state index >= 15 is 0 Å². The number of hydrogen-bond acceptors (Lipinski definition) is 3. The van der Waals surface area contributed by atoms with Gasteiger partial charge in [0.2, 0.25) is 11.8 Å². The van der Waals surface area contributed by atoms with E-state index in [9.17, 15) is 9.59 Å². The Balaban J connectivity index is 1.54. The van der Waals surface area contributed by atoms with Gasteiger partial charge >= 0.3 is 0 Å². The standard InChI is InChI=1S/C22H23NO3/c1-14-11-15(2)13-18(12-14)26-17-9-7-16(8-10-17)23-21(24)19-5-3-4-6-20(19)22(23)25/h7-13,19-20H,3-6H2,1-2H3. The van der Waals surface area contributed by atoms with Crippen LogP contribution in [0.4, 0.5) is 5.69 Å². The van der Waals surface area contributed by atoms with Crippen LogP contribution in [0.3, 0.4) is 0 Å². The third-order valence-electron chi connectivity index (χ3n) is 5.37. The summed E-state index contributed by atoms with van der Waals surface area (Å²) in [7, 11) is 0. The van der Waals surface area contributed by atoms with Gasteiger partial charge in [-0.25, -0.2) is 0 Å². The fourth-order valence-electron chi connectivity index (χ4n) is 4.21. The SMILES string of the molecule is Cc1cc(C)cc(Oc2ccc(N3C(=O)C4CCCCC4C3=O)cc2)c1. The number of rotatable bonds is 3. The van der Waals surface area contributed by atoms with Crippen molar-refractivity contribution in [2.75, 3.05) is 4.90 Å². The first-order chi connectivity index (χ1) is 12.5. The molecule has 2 aliphatic rings. The highest BCUT2D eigenvalue weighted by molar-refractivity contribution is 6.22. The van der Waals surface area contributed by atoms with Crippen molar-refractivity contribution in [3.63, 3.8) is 0 Å². The smallest absolute Gasteiger partial charge is 0.237 e. The zero-order valence-corrected chi connectivity index (χ0v) is 15.2. The van der Waals surface area contributed by atoms with Crippen LogP contribution in [0.5, 0.6) is 11.5 Å². The van der Waals surface area contributed by atoms with Crippen molar-refractivity contribution in [2.45, 2.75) is 39.5 Å². The van der Waals surface area contributed by atoms with E-state index in [0.29, 0.717) is 11.4 Å². The van der Waals surface area contributed by atoms with E-state index in [2.05, 4.69) is 6.07 Å². The maximum atomic E-state index is 12.7. The summed E-state index contributed by atoms with van der Waals surface area (Å²) in [5, 5.41) is 0. The van der Waals surface area contributed by atoms with E-state index in [1.165, 1.54) is 4.90 Å². The first-order valence-corrected chi connectivity index (χ1v) is 9.27. The number of hydrogen-bond donors (Lipinski definition) is 0. The Morgan fingerprint density at radius 1 is 0.808 bits per heavy atom. The summed E-state index contributed by atoms with van der Waals surface area (Å²) >= 11 is 0. The number of ether oxygens (including phenoxy) is 1. The van der Waals surface area contributed by atoms with Gasteiger partial charge in [-0.05, 0) is 74.2 Å². The molecule has 1 saturated heterocycles. The number of aryl methyl sites for hydroxylation is 2. The molecule has 1 heterocycles. The highest BCUT2D eigenvalue weighted by Crippen LogP contribution is 2.40. The third-order valence-corrected chi connectivity index (χ3v) is 5.37. The van der Waals surface area contributed by atoms with Crippen molar-refractivity contribution >= 4 is 17.5 Å². The quantitative estimate of drug-likeness (QED) is 0.750. The molecule has 0 aromatic heterocycles. The highest BCUT2D eigenvalue weighted by atomic mass is 16.5. The van der Waals surface area contributed by atoms with Crippen molar-refractivity contribution < 1.29 is 14.3 Å². The molecule has 26 heavy (non-hydrogen) atoms. The lowest BCUT2D eigenvalue weighted by molar-refractivity contribution is -0.122. The molecule has 1 aliphatic heterocycles. The van der Waals surface area contributed by atoms with Crippen LogP contribution in [0.1, 0.15) is 36.8 Å². The molecule has 4 rings (SSSR count). The van der Waals surface area contributed by atoms with Gasteiger partial charge in [0, 0.05) is 0 Å². The van der Waals surface area contributed by atoms with Crippen molar-refractivity contribution in [1.29, 1.82) is 0 Å². The van der Waals surface area contributed by atoms with E-state index in [4.69, 9.17) is 4.74 Å². The number of carbonyl (C=O) groups excluding carboxylic acids is 2. The summed E-state index contributed by atoms with van der Waals surface area (Å²) < 4.78 is 5.92. The van der Waals surface area contributed by atoms with E-state index < -0.39 is 0 Å². The second kappa shape index (κ2) is 6.60. The lowest BCUT2D eigenvalue weighted by Crippen LogP contribution is -2.30. The molecule has 0 N–H and O–H groups in total. The van der Waals surface area contributed by atoms with Crippen LogP contribution in [0.2, 0.25) is 0 Å². The minimum Gasteiger partial charge on any atom is -0.457 e. The first-order valence-electron chi connectivity index (χ1n) is 9.27.